The van der Waals surface area contributed by atoms with Crippen LogP contribution in [0.3, 0.4) is 0 Å². The van der Waals surface area contributed by atoms with Crippen LogP contribution in [0.15, 0.2) is 35.0 Å². The van der Waals surface area contributed by atoms with Crippen LogP contribution < -0.4 is 10.1 Å². The van der Waals surface area contributed by atoms with Gasteiger partial charge in [0.2, 0.25) is 0 Å². The van der Waals surface area contributed by atoms with Crippen molar-refractivity contribution in [3.05, 3.63) is 42.2 Å². The minimum atomic E-state index is 0.0681. The van der Waals surface area contributed by atoms with E-state index in [1.807, 2.05) is 38.2 Å². The lowest BCUT2D eigenvalue weighted by molar-refractivity contribution is 0.336. The van der Waals surface area contributed by atoms with Gasteiger partial charge in [-0.1, -0.05) is 12.1 Å². The number of ether oxygens (including phenoxy) is 1. The number of aromatic nitrogens is 3. The molecule has 0 aliphatic carbocycles. The Morgan fingerprint density at radius 2 is 2.27 bits per heavy atom. The molecule has 1 aromatic carbocycles. The van der Waals surface area contributed by atoms with E-state index in [0.29, 0.717) is 13.2 Å². The zero-order valence-corrected chi connectivity index (χ0v) is 13.0. The van der Waals surface area contributed by atoms with E-state index < -0.39 is 0 Å². The van der Waals surface area contributed by atoms with Crippen LogP contribution in [0.4, 0.5) is 0 Å². The van der Waals surface area contributed by atoms with E-state index >= 15 is 0 Å². The molecular formula is C16H20N4O2. The second-order valence-electron chi connectivity index (χ2n) is 5.16. The Hall–Kier alpha value is -2.34. The molecule has 0 bridgehead atoms. The van der Waals surface area contributed by atoms with Crippen LogP contribution in [0, 0.1) is 0 Å². The van der Waals surface area contributed by atoms with Crippen LogP contribution in [0.25, 0.3) is 11.0 Å². The first-order valence-electron chi connectivity index (χ1n) is 7.40. The third-order valence-corrected chi connectivity index (χ3v) is 3.63. The number of fused-ring (bicyclic) bond motifs is 1. The van der Waals surface area contributed by atoms with Crippen LogP contribution in [0.1, 0.15) is 31.5 Å². The first-order valence-corrected chi connectivity index (χ1v) is 7.40. The summed E-state index contributed by atoms with van der Waals surface area (Å²) in [5.41, 5.74) is 0.798. The number of hydrogen-bond donors (Lipinski definition) is 1. The maximum Gasteiger partial charge on any atom is 0.176 e. The van der Waals surface area contributed by atoms with Gasteiger partial charge < -0.3 is 14.5 Å². The molecule has 2 heterocycles. The van der Waals surface area contributed by atoms with Gasteiger partial charge in [0.1, 0.15) is 17.9 Å². The van der Waals surface area contributed by atoms with Crippen molar-refractivity contribution in [1.29, 1.82) is 0 Å². The molecule has 6 nitrogen and oxygen atoms in total. The molecule has 0 amide bonds. The molecule has 0 unspecified atom stereocenters. The third kappa shape index (κ3) is 2.82. The van der Waals surface area contributed by atoms with E-state index in [2.05, 4.69) is 22.3 Å². The van der Waals surface area contributed by atoms with Crippen LogP contribution >= 0.6 is 0 Å². The molecule has 116 valence electrons. The topological polar surface area (TPSA) is 65.1 Å². The first-order chi connectivity index (χ1) is 10.7. The van der Waals surface area contributed by atoms with Crippen LogP contribution in [0.5, 0.6) is 5.75 Å². The minimum Gasteiger partial charge on any atom is -0.490 e. The Morgan fingerprint density at radius 1 is 1.41 bits per heavy atom. The quantitative estimate of drug-likeness (QED) is 0.758. The van der Waals surface area contributed by atoms with Crippen molar-refractivity contribution >= 4 is 11.0 Å². The standard InChI is InChI=1S/C16H20N4O2/c1-4-21-13-7-5-6-12-8-14(22-16(12)13)11(2)17-9-15-18-10-19-20(15)3/h5-8,10-11,17H,4,9H2,1-3H3/t11-/m1/s1. The lowest BCUT2D eigenvalue weighted by Crippen LogP contribution is -2.20. The van der Waals surface area contributed by atoms with E-state index in [4.69, 9.17) is 9.15 Å². The van der Waals surface area contributed by atoms with E-state index in [1.54, 1.807) is 11.0 Å². The predicted molar refractivity (Wildman–Crippen MR) is 83.6 cm³/mol. The smallest absolute Gasteiger partial charge is 0.176 e. The summed E-state index contributed by atoms with van der Waals surface area (Å²) in [6, 6.07) is 8.05. The summed E-state index contributed by atoms with van der Waals surface area (Å²) in [5, 5.41) is 8.51. The van der Waals surface area contributed by atoms with Gasteiger partial charge in [0, 0.05) is 12.4 Å². The van der Waals surface area contributed by atoms with Crippen molar-refractivity contribution in [2.24, 2.45) is 7.05 Å². The summed E-state index contributed by atoms with van der Waals surface area (Å²) in [6.07, 6.45) is 1.55. The molecule has 0 radical (unpaired) electrons. The summed E-state index contributed by atoms with van der Waals surface area (Å²) in [7, 11) is 1.88. The zero-order valence-electron chi connectivity index (χ0n) is 13.0. The first kappa shape index (κ1) is 14.6. The fraction of sp³-hybridized carbons (Fsp3) is 0.375. The number of rotatable bonds is 6. The van der Waals surface area contributed by atoms with Gasteiger partial charge in [-0.05, 0) is 26.0 Å². The minimum absolute atomic E-state index is 0.0681. The van der Waals surface area contributed by atoms with Crippen molar-refractivity contribution in [2.45, 2.75) is 26.4 Å². The summed E-state index contributed by atoms with van der Waals surface area (Å²) >= 11 is 0. The molecule has 0 spiro atoms. The molecule has 3 rings (SSSR count). The third-order valence-electron chi connectivity index (χ3n) is 3.63. The number of benzene rings is 1. The molecule has 0 aliphatic rings. The number of para-hydroxylation sites is 1. The molecular weight excluding hydrogens is 280 g/mol. The van der Waals surface area contributed by atoms with Gasteiger partial charge in [0.05, 0.1) is 19.2 Å². The molecule has 1 N–H and O–H groups in total. The number of hydrogen-bond acceptors (Lipinski definition) is 5. The molecule has 6 heteroatoms. The summed E-state index contributed by atoms with van der Waals surface area (Å²) in [4.78, 5) is 4.20. The Bertz CT molecular complexity index is 762. The average molecular weight is 300 g/mol. The second kappa shape index (κ2) is 6.19. The molecule has 0 fully saturated rings. The Balaban J connectivity index is 1.77. The number of aryl methyl sites for hydroxylation is 1. The van der Waals surface area contributed by atoms with Gasteiger partial charge in [-0.3, -0.25) is 4.68 Å². The van der Waals surface area contributed by atoms with E-state index in [-0.39, 0.29) is 6.04 Å². The van der Waals surface area contributed by atoms with Crippen molar-refractivity contribution in [2.75, 3.05) is 6.61 Å². The highest BCUT2D eigenvalue weighted by atomic mass is 16.5. The average Bonchev–Trinajstić information content (AvgIpc) is 3.12. The van der Waals surface area contributed by atoms with Gasteiger partial charge in [0.15, 0.2) is 11.3 Å². The predicted octanol–water partition coefficient (Wildman–Crippen LogP) is 2.81. The highest BCUT2D eigenvalue weighted by molar-refractivity contribution is 5.83. The molecule has 22 heavy (non-hydrogen) atoms. The summed E-state index contributed by atoms with van der Waals surface area (Å²) in [5.74, 6) is 2.55. The van der Waals surface area contributed by atoms with E-state index in [1.165, 1.54) is 0 Å². The second-order valence-corrected chi connectivity index (χ2v) is 5.16. The van der Waals surface area contributed by atoms with E-state index in [9.17, 15) is 0 Å². The van der Waals surface area contributed by atoms with Crippen molar-refractivity contribution in [3.8, 4) is 5.75 Å². The fourth-order valence-electron chi connectivity index (χ4n) is 2.36. The maximum absolute atomic E-state index is 5.98. The Kier molecular flexibility index (Phi) is 4.11. The maximum atomic E-state index is 5.98. The molecule has 3 aromatic rings. The molecule has 0 aliphatic heterocycles. The molecule has 0 saturated heterocycles. The molecule has 0 saturated carbocycles. The lowest BCUT2D eigenvalue weighted by atomic mass is 10.2. The van der Waals surface area contributed by atoms with Crippen molar-refractivity contribution < 1.29 is 9.15 Å². The normalized spacial score (nSPS) is 12.7. The fourth-order valence-corrected chi connectivity index (χ4v) is 2.36. The van der Waals surface area contributed by atoms with Gasteiger partial charge in [-0.2, -0.15) is 5.10 Å². The Morgan fingerprint density at radius 3 is 3.00 bits per heavy atom. The van der Waals surface area contributed by atoms with Crippen LogP contribution in [-0.4, -0.2) is 21.4 Å². The molecule has 1 atom stereocenters. The van der Waals surface area contributed by atoms with Gasteiger partial charge >= 0.3 is 0 Å². The SMILES string of the molecule is CCOc1cccc2cc([C@@H](C)NCc3ncnn3C)oc12. The van der Waals surface area contributed by atoms with Gasteiger partial charge in [-0.25, -0.2) is 4.98 Å². The Labute approximate surface area is 129 Å². The zero-order chi connectivity index (χ0) is 15.5. The molecule has 2 aromatic heterocycles. The van der Waals surface area contributed by atoms with Crippen LogP contribution in [-0.2, 0) is 13.6 Å². The lowest BCUT2D eigenvalue weighted by Gasteiger charge is -2.10. The van der Waals surface area contributed by atoms with Gasteiger partial charge in [-0.15, -0.1) is 0 Å². The van der Waals surface area contributed by atoms with Crippen molar-refractivity contribution in [1.82, 2.24) is 20.1 Å². The summed E-state index contributed by atoms with van der Waals surface area (Å²) in [6.45, 7) is 5.28. The number of nitrogens with one attached hydrogen (secondary N) is 1. The highest BCUT2D eigenvalue weighted by Crippen LogP contribution is 2.31. The number of furan rings is 1. The van der Waals surface area contributed by atoms with Crippen LogP contribution in [0.2, 0.25) is 0 Å². The van der Waals surface area contributed by atoms with Gasteiger partial charge in [0.25, 0.3) is 0 Å². The summed E-state index contributed by atoms with van der Waals surface area (Å²) < 4.78 is 13.3. The number of nitrogens with zero attached hydrogens (tertiary/aromatic N) is 3. The van der Waals surface area contributed by atoms with Crippen molar-refractivity contribution in [3.63, 3.8) is 0 Å². The largest absolute Gasteiger partial charge is 0.490 e. The highest BCUT2D eigenvalue weighted by Gasteiger charge is 2.14. The van der Waals surface area contributed by atoms with E-state index in [0.717, 1.165) is 28.3 Å². The monoisotopic (exact) mass is 300 g/mol.